The molecule has 5 nitrogen and oxygen atoms in total. The van der Waals surface area contributed by atoms with Gasteiger partial charge in [0.25, 0.3) is 0 Å². The van der Waals surface area contributed by atoms with E-state index in [0.717, 1.165) is 5.69 Å². The fraction of sp³-hybridized carbons (Fsp3) is 0.136. The van der Waals surface area contributed by atoms with Gasteiger partial charge in [-0.15, -0.1) is 0 Å². The third-order valence-corrected chi connectivity index (χ3v) is 4.81. The zero-order chi connectivity index (χ0) is 19.7. The SMILES string of the molecule is CC(c1ccccn1)N(C)c1nc(-c2ccccc2O)nc2ccc(F)cc12. The average Bonchev–Trinajstić information content (AvgIpc) is 2.73. The fourth-order valence-corrected chi connectivity index (χ4v) is 3.14. The van der Waals surface area contributed by atoms with Gasteiger partial charge in [0.05, 0.1) is 22.8 Å². The normalized spacial score (nSPS) is 12.1. The van der Waals surface area contributed by atoms with Gasteiger partial charge in [-0.3, -0.25) is 4.98 Å². The van der Waals surface area contributed by atoms with Gasteiger partial charge in [0.2, 0.25) is 0 Å². The molecule has 4 aromatic rings. The molecule has 0 fully saturated rings. The van der Waals surface area contributed by atoms with Crippen LogP contribution in [-0.2, 0) is 0 Å². The summed E-state index contributed by atoms with van der Waals surface area (Å²) in [4.78, 5) is 15.6. The Morgan fingerprint density at radius 3 is 2.54 bits per heavy atom. The molecule has 0 bridgehead atoms. The minimum Gasteiger partial charge on any atom is -0.507 e. The van der Waals surface area contributed by atoms with Gasteiger partial charge in [-0.25, -0.2) is 14.4 Å². The molecule has 0 aliphatic heterocycles. The third-order valence-electron chi connectivity index (χ3n) is 4.81. The molecular weight excluding hydrogens is 355 g/mol. The summed E-state index contributed by atoms with van der Waals surface area (Å²) in [6, 6.07) is 17.0. The highest BCUT2D eigenvalue weighted by Gasteiger charge is 2.20. The van der Waals surface area contributed by atoms with E-state index in [4.69, 9.17) is 0 Å². The van der Waals surface area contributed by atoms with Crippen molar-refractivity contribution in [3.8, 4) is 17.1 Å². The second-order valence-electron chi connectivity index (χ2n) is 6.59. The maximum Gasteiger partial charge on any atom is 0.165 e. The second kappa shape index (κ2) is 7.23. The van der Waals surface area contributed by atoms with Crippen LogP contribution in [0, 0.1) is 5.82 Å². The summed E-state index contributed by atoms with van der Waals surface area (Å²) in [6.07, 6.45) is 1.74. The maximum atomic E-state index is 14.0. The highest BCUT2D eigenvalue weighted by atomic mass is 19.1. The van der Waals surface area contributed by atoms with Crippen molar-refractivity contribution in [3.05, 3.63) is 78.4 Å². The van der Waals surface area contributed by atoms with Crippen LogP contribution >= 0.6 is 0 Å². The van der Waals surface area contributed by atoms with E-state index in [0.29, 0.717) is 28.1 Å². The topological polar surface area (TPSA) is 62.1 Å². The van der Waals surface area contributed by atoms with Crippen LogP contribution in [0.25, 0.3) is 22.3 Å². The van der Waals surface area contributed by atoms with Crippen molar-refractivity contribution in [2.75, 3.05) is 11.9 Å². The lowest BCUT2D eigenvalue weighted by atomic mass is 10.1. The Bertz CT molecular complexity index is 1130. The van der Waals surface area contributed by atoms with E-state index in [9.17, 15) is 9.50 Å². The number of para-hydroxylation sites is 1. The molecule has 28 heavy (non-hydrogen) atoms. The molecule has 0 spiro atoms. The molecule has 4 rings (SSSR count). The smallest absolute Gasteiger partial charge is 0.165 e. The lowest BCUT2D eigenvalue weighted by Crippen LogP contribution is -2.24. The summed E-state index contributed by atoms with van der Waals surface area (Å²) in [5.74, 6) is 0.690. The average molecular weight is 374 g/mol. The summed E-state index contributed by atoms with van der Waals surface area (Å²) in [5, 5.41) is 10.8. The lowest BCUT2D eigenvalue weighted by molar-refractivity contribution is 0.477. The van der Waals surface area contributed by atoms with E-state index in [-0.39, 0.29) is 17.6 Å². The number of nitrogens with zero attached hydrogens (tertiary/aromatic N) is 4. The molecule has 0 radical (unpaired) electrons. The van der Waals surface area contributed by atoms with Crippen LogP contribution in [0.3, 0.4) is 0 Å². The number of phenols is 1. The minimum absolute atomic E-state index is 0.0929. The molecule has 0 aliphatic rings. The number of hydrogen-bond donors (Lipinski definition) is 1. The molecule has 0 amide bonds. The van der Waals surface area contributed by atoms with Crippen molar-refractivity contribution in [2.45, 2.75) is 13.0 Å². The zero-order valence-electron chi connectivity index (χ0n) is 15.5. The molecule has 0 aliphatic carbocycles. The van der Waals surface area contributed by atoms with Crippen LogP contribution < -0.4 is 4.90 Å². The molecule has 1 N–H and O–H groups in total. The summed E-state index contributed by atoms with van der Waals surface area (Å²) in [7, 11) is 1.89. The van der Waals surface area contributed by atoms with Crippen molar-refractivity contribution in [1.29, 1.82) is 0 Å². The van der Waals surface area contributed by atoms with Crippen molar-refractivity contribution >= 4 is 16.7 Å². The fourth-order valence-electron chi connectivity index (χ4n) is 3.14. The molecule has 1 atom stereocenters. The number of fused-ring (bicyclic) bond motifs is 1. The van der Waals surface area contributed by atoms with E-state index >= 15 is 0 Å². The van der Waals surface area contributed by atoms with Crippen molar-refractivity contribution < 1.29 is 9.50 Å². The summed E-state index contributed by atoms with van der Waals surface area (Å²) < 4.78 is 14.0. The Kier molecular flexibility index (Phi) is 4.61. The van der Waals surface area contributed by atoms with Gasteiger partial charge in [0.1, 0.15) is 17.4 Å². The number of benzene rings is 2. The Hall–Kier alpha value is -3.54. The molecular formula is C22H19FN4O. The van der Waals surface area contributed by atoms with Gasteiger partial charge in [-0.1, -0.05) is 18.2 Å². The highest BCUT2D eigenvalue weighted by molar-refractivity contribution is 5.91. The third kappa shape index (κ3) is 3.24. The van der Waals surface area contributed by atoms with Crippen molar-refractivity contribution in [2.24, 2.45) is 0 Å². The number of halogens is 1. The second-order valence-corrected chi connectivity index (χ2v) is 6.59. The van der Waals surface area contributed by atoms with Crippen LogP contribution in [0.5, 0.6) is 5.75 Å². The predicted molar refractivity (Wildman–Crippen MR) is 108 cm³/mol. The number of anilines is 1. The van der Waals surface area contributed by atoms with Gasteiger partial charge in [-0.05, 0) is 49.4 Å². The first kappa shape index (κ1) is 17.9. The molecule has 2 aromatic carbocycles. The summed E-state index contributed by atoms with van der Waals surface area (Å²) >= 11 is 0. The molecule has 1 unspecified atom stereocenters. The number of rotatable bonds is 4. The van der Waals surface area contributed by atoms with Gasteiger partial charge < -0.3 is 10.0 Å². The standard InChI is InChI=1S/C22H19FN4O/c1-14(18-8-5-6-12-24-18)27(2)22-17-13-15(23)10-11-19(17)25-21(26-22)16-7-3-4-9-20(16)28/h3-14,28H,1-2H3. The van der Waals surface area contributed by atoms with Crippen LogP contribution in [0.15, 0.2) is 66.9 Å². The van der Waals surface area contributed by atoms with E-state index in [1.807, 2.05) is 43.1 Å². The Labute approximate surface area is 162 Å². The van der Waals surface area contributed by atoms with Gasteiger partial charge >= 0.3 is 0 Å². The lowest BCUT2D eigenvalue weighted by Gasteiger charge is -2.27. The van der Waals surface area contributed by atoms with E-state index in [1.165, 1.54) is 12.1 Å². The van der Waals surface area contributed by atoms with Crippen molar-refractivity contribution in [3.63, 3.8) is 0 Å². The first-order chi connectivity index (χ1) is 13.5. The summed E-state index contributed by atoms with van der Waals surface area (Å²) in [5.41, 5.74) is 2.00. The van der Waals surface area contributed by atoms with E-state index < -0.39 is 0 Å². The first-order valence-electron chi connectivity index (χ1n) is 8.94. The largest absolute Gasteiger partial charge is 0.507 e. The Morgan fingerprint density at radius 1 is 1.00 bits per heavy atom. The Morgan fingerprint density at radius 2 is 1.79 bits per heavy atom. The molecule has 2 heterocycles. The summed E-state index contributed by atoms with van der Waals surface area (Å²) in [6.45, 7) is 2.01. The number of hydrogen-bond acceptors (Lipinski definition) is 5. The van der Waals surface area contributed by atoms with Crippen LogP contribution in [-0.4, -0.2) is 27.1 Å². The van der Waals surface area contributed by atoms with Gasteiger partial charge in [0, 0.05) is 18.6 Å². The number of pyridine rings is 1. The minimum atomic E-state index is -0.355. The molecule has 0 saturated carbocycles. The highest BCUT2D eigenvalue weighted by Crippen LogP contribution is 2.33. The quantitative estimate of drug-likeness (QED) is 0.559. The number of aromatic nitrogens is 3. The first-order valence-corrected chi connectivity index (χ1v) is 8.94. The van der Waals surface area contributed by atoms with Gasteiger partial charge in [-0.2, -0.15) is 0 Å². The van der Waals surface area contributed by atoms with Crippen molar-refractivity contribution in [1.82, 2.24) is 15.0 Å². The zero-order valence-corrected chi connectivity index (χ0v) is 15.5. The molecule has 2 aromatic heterocycles. The predicted octanol–water partition coefficient (Wildman–Crippen LogP) is 4.73. The van der Waals surface area contributed by atoms with Crippen LogP contribution in [0.4, 0.5) is 10.2 Å². The van der Waals surface area contributed by atoms with Crippen LogP contribution in [0.2, 0.25) is 0 Å². The molecule has 6 heteroatoms. The number of aromatic hydroxyl groups is 1. The van der Waals surface area contributed by atoms with Crippen LogP contribution in [0.1, 0.15) is 18.7 Å². The van der Waals surface area contributed by atoms with Gasteiger partial charge in [0.15, 0.2) is 5.82 Å². The van der Waals surface area contributed by atoms with E-state index in [1.54, 1.807) is 30.5 Å². The number of phenolic OH excluding ortho intramolecular Hbond substituents is 1. The molecule has 140 valence electrons. The monoisotopic (exact) mass is 374 g/mol. The molecule has 0 saturated heterocycles. The maximum absolute atomic E-state index is 14.0. The Balaban J connectivity index is 1.90. The van der Waals surface area contributed by atoms with E-state index in [2.05, 4.69) is 15.0 Å².